The van der Waals surface area contributed by atoms with Crippen LogP contribution in [0, 0.1) is 0 Å². The van der Waals surface area contributed by atoms with Crippen molar-refractivity contribution in [2.75, 3.05) is 19.6 Å². The quantitative estimate of drug-likeness (QED) is 0.658. The van der Waals surface area contributed by atoms with Gasteiger partial charge >= 0.3 is 0 Å². The molecule has 4 heteroatoms. The van der Waals surface area contributed by atoms with Crippen LogP contribution in [0.15, 0.2) is 0 Å². The third-order valence-corrected chi connectivity index (χ3v) is 3.16. The summed E-state index contributed by atoms with van der Waals surface area (Å²) in [4.78, 5) is 13.5. The molecule has 0 aliphatic carbocycles. The monoisotopic (exact) mass is 242 g/mol. The Hall–Kier alpha value is -0.610. The molecule has 1 saturated heterocycles. The molecule has 17 heavy (non-hydrogen) atoms. The molecule has 2 N–H and O–H groups in total. The van der Waals surface area contributed by atoms with Crippen molar-refractivity contribution < 1.29 is 9.90 Å². The normalized spacial score (nSPS) is 18.3. The Balaban J connectivity index is 2.11. The van der Waals surface area contributed by atoms with Crippen molar-refractivity contribution in [2.45, 2.75) is 58.1 Å². The molecule has 0 aromatic carbocycles. The zero-order chi connectivity index (χ0) is 12.9. The first-order valence-corrected chi connectivity index (χ1v) is 6.70. The average molecular weight is 242 g/mol. The lowest BCUT2D eigenvalue weighted by Gasteiger charge is -2.46. The first kappa shape index (κ1) is 14.5. The summed E-state index contributed by atoms with van der Waals surface area (Å²) in [5.74, 6) is 0.177. The van der Waals surface area contributed by atoms with Crippen molar-refractivity contribution in [1.29, 1.82) is 0 Å². The highest BCUT2D eigenvalue weighted by Crippen LogP contribution is 2.26. The summed E-state index contributed by atoms with van der Waals surface area (Å²) < 4.78 is 0. The zero-order valence-electron chi connectivity index (χ0n) is 11.3. The van der Waals surface area contributed by atoms with E-state index in [-0.39, 0.29) is 5.91 Å². The number of aliphatic hydroxyl groups is 1. The first-order valence-electron chi connectivity index (χ1n) is 6.70. The molecule has 0 aromatic rings. The van der Waals surface area contributed by atoms with Crippen LogP contribution in [0.5, 0.6) is 0 Å². The lowest BCUT2D eigenvalue weighted by Crippen LogP contribution is -2.63. The second-order valence-electron chi connectivity index (χ2n) is 5.44. The molecule has 100 valence electrons. The van der Waals surface area contributed by atoms with Gasteiger partial charge in [-0.3, -0.25) is 4.79 Å². The van der Waals surface area contributed by atoms with E-state index in [4.69, 9.17) is 0 Å². The van der Waals surface area contributed by atoms with Crippen molar-refractivity contribution in [3.8, 4) is 0 Å². The summed E-state index contributed by atoms with van der Waals surface area (Å²) in [5, 5.41) is 13.3. The fraction of sp³-hybridized carbons (Fsp3) is 0.923. The van der Waals surface area contributed by atoms with Gasteiger partial charge in [-0.2, -0.15) is 0 Å². The Morgan fingerprint density at radius 2 is 2.12 bits per heavy atom. The van der Waals surface area contributed by atoms with Gasteiger partial charge < -0.3 is 15.3 Å². The molecule has 1 aliphatic heterocycles. The highest BCUT2D eigenvalue weighted by molar-refractivity contribution is 5.77. The summed E-state index contributed by atoms with van der Waals surface area (Å²) in [6, 6.07) is 0.476. The van der Waals surface area contributed by atoms with Crippen LogP contribution in [0.4, 0.5) is 0 Å². The molecule has 0 aromatic heterocycles. The van der Waals surface area contributed by atoms with E-state index in [9.17, 15) is 9.90 Å². The maximum atomic E-state index is 11.7. The van der Waals surface area contributed by atoms with Gasteiger partial charge in [0, 0.05) is 12.5 Å². The van der Waals surface area contributed by atoms with Crippen LogP contribution in [-0.4, -0.2) is 47.2 Å². The highest BCUT2D eigenvalue weighted by atomic mass is 16.3. The number of nitrogens with zero attached hydrogens (tertiary/aromatic N) is 1. The fourth-order valence-corrected chi connectivity index (χ4v) is 2.25. The standard InChI is InChI=1S/C13H26N2O2/c1-4-7-13(17)9-15(10-13)12(16)6-5-8-14-11(2)3/h11,14,17H,4-10H2,1-3H3. The molecule has 1 aliphatic rings. The van der Waals surface area contributed by atoms with Gasteiger partial charge in [0.2, 0.25) is 5.91 Å². The molecule has 1 rings (SSSR count). The van der Waals surface area contributed by atoms with E-state index in [0.29, 0.717) is 25.6 Å². The van der Waals surface area contributed by atoms with E-state index < -0.39 is 5.60 Å². The average Bonchev–Trinajstić information content (AvgIpc) is 2.20. The molecule has 0 radical (unpaired) electrons. The Kier molecular flexibility index (Phi) is 5.40. The second kappa shape index (κ2) is 6.36. The van der Waals surface area contributed by atoms with Gasteiger partial charge in [-0.15, -0.1) is 0 Å². The zero-order valence-corrected chi connectivity index (χ0v) is 11.3. The summed E-state index contributed by atoms with van der Waals surface area (Å²) in [6.07, 6.45) is 3.23. The van der Waals surface area contributed by atoms with Crippen LogP contribution in [0.2, 0.25) is 0 Å². The number of carbonyl (C=O) groups excluding carboxylic acids is 1. The lowest BCUT2D eigenvalue weighted by atomic mass is 9.89. The smallest absolute Gasteiger partial charge is 0.222 e. The van der Waals surface area contributed by atoms with Gasteiger partial charge in [-0.1, -0.05) is 27.2 Å². The van der Waals surface area contributed by atoms with Crippen LogP contribution in [0.25, 0.3) is 0 Å². The van der Waals surface area contributed by atoms with E-state index in [1.54, 1.807) is 4.90 Å². The predicted octanol–water partition coefficient (Wildman–Crippen LogP) is 1.14. The second-order valence-corrected chi connectivity index (χ2v) is 5.44. The number of amides is 1. The van der Waals surface area contributed by atoms with Gasteiger partial charge in [0.05, 0.1) is 18.7 Å². The van der Waals surface area contributed by atoms with E-state index in [2.05, 4.69) is 26.1 Å². The topological polar surface area (TPSA) is 52.6 Å². The van der Waals surface area contributed by atoms with Gasteiger partial charge in [0.1, 0.15) is 0 Å². The van der Waals surface area contributed by atoms with Crippen molar-refractivity contribution in [1.82, 2.24) is 10.2 Å². The van der Waals surface area contributed by atoms with Crippen molar-refractivity contribution in [3.05, 3.63) is 0 Å². The molecule has 0 unspecified atom stereocenters. The van der Waals surface area contributed by atoms with Crippen molar-refractivity contribution in [3.63, 3.8) is 0 Å². The third-order valence-electron chi connectivity index (χ3n) is 3.16. The maximum Gasteiger partial charge on any atom is 0.222 e. The number of hydrogen-bond acceptors (Lipinski definition) is 3. The summed E-state index contributed by atoms with van der Waals surface area (Å²) in [5.41, 5.74) is -0.597. The number of rotatable bonds is 7. The Labute approximate surface area is 104 Å². The Morgan fingerprint density at radius 1 is 1.47 bits per heavy atom. The molecule has 1 heterocycles. The van der Waals surface area contributed by atoms with E-state index in [0.717, 1.165) is 25.8 Å². The minimum absolute atomic E-state index is 0.177. The van der Waals surface area contributed by atoms with Gasteiger partial charge in [-0.25, -0.2) is 0 Å². The maximum absolute atomic E-state index is 11.7. The molecule has 0 saturated carbocycles. The number of carbonyl (C=O) groups is 1. The molecule has 0 spiro atoms. The molecule has 1 fully saturated rings. The molecule has 1 amide bonds. The molecular formula is C13H26N2O2. The van der Waals surface area contributed by atoms with E-state index in [1.807, 2.05) is 0 Å². The number of likely N-dealkylation sites (tertiary alicyclic amines) is 1. The minimum atomic E-state index is -0.597. The highest BCUT2D eigenvalue weighted by Gasteiger charge is 2.42. The van der Waals surface area contributed by atoms with Gasteiger partial charge in [0.15, 0.2) is 0 Å². The van der Waals surface area contributed by atoms with E-state index >= 15 is 0 Å². The molecule has 0 bridgehead atoms. The van der Waals surface area contributed by atoms with E-state index in [1.165, 1.54) is 0 Å². The molecular weight excluding hydrogens is 216 g/mol. The van der Waals surface area contributed by atoms with Crippen LogP contribution >= 0.6 is 0 Å². The predicted molar refractivity (Wildman–Crippen MR) is 68.8 cm³/mol. The van der Waals surface area contributed by atoms with Crippen LogP contribution in [0.1, 0.15) is 46.5 Å². The molecule has 0 atom stereocenters. The largest absolute Gasteiger partial charge is 0.386 e. The lowest BCUT2D eigenvalue weighted by molar-refractivity contribution is -0.156. The van der Waals surface area contributed by atoms with Crippen molar-refractivity contribution >= 4 is 5.91 Å². The number of β-amino-alcohol motifs (C(OH)–C–C–N with tert-alkyl or cyclic N) is 1. The first-order chi connectivity index (χ1) is 7.97. The van der Waals surface area contributed by atoms with Crippen LogP contribution in [-0.2, 0) is 4.79 Å². The minimum Gasteiger partial charge on any atom is -0.386 e. The summed E-state index contributed by atoms with van der Waals surface area (Å²) >= 11 is 0. The SMILES string of the molecule is CCCC1(O)CN(C(=O)CCCNC(C)C)C1. The van der Waals surface area contributed by atoms with Gasteiger partial charge in [0.25, 0.3) is 0 Å². The number of nitrogens with one attached hydrogen (secondary N) is 1. The fourth-order valence-electron chi connectivity index (χ4n) is 2.25. The summed E-state index contributed by atoms with van der Waals surface area (Å²) in [7, 11) is 0. The third kappa shape index (κ3) is 4.64. The summed E-state index contributed by atoms with van der Waals surface area (Å²) in [6.45, 7) is 8.19. The Bertz CT molecular complexity index is 248. The van der Waals surface area contributed by atoms with Crippen molar-refractivity contribution in [2.24, 2.45) is 0 Å². The van der Waals surface area contributed by atoms with Crippen LogP contribution < -0.4 is 5.32 Å². The number of hydrogen-bond donors (Lipinski definition) is 2. The Morgan fingerprint density at radius 3 is 2.65 bits per heavy atom. The molecule has 4 nitrogen and oxygen atoms in total. The van der Waals surface area contributed by atoms with Gasteiger partial charge in [-0.05, 0) is 19.4 Å². The van der Waals surface area contributed by atoms with Crippen LogP contribution in [0.3, 0.4) is 0 Å².